The van der Waals surface area contributed by atoms with Crippen molar-refractivity contribution in [2.75, 3.05) is 13.1 Å². The van der Waals surface area contributed by atoms with Crippen molar-refractivity contribution >= 4 is 21.4 Å². The minimum atomic E-state index is -3.35. The van der Waals surface area contributed by atoms with Gasteiger partial charge in [0.25, 0.3) is 0 Å². The third-order valence-corrected chi connectivity index (χ3v) is 6.27. The number of hydrogen-bond acceptors (Lipinski definition) is 4. The Morgan fingerprint density at radius 1 is 1.30 bits per heavy atom. The third-order valence-electron chi connectivity index (χ3n) is 3.05. The summed E-state index contributed by atoms with van der Waals surface area (Å²) in [6.45, 7) is 7.92. The van der Waals surface area contributed by atoms with Crippen LogP contribution in [0.2, 0.25) is 0 Å². The van der Waals surface area contributed by atoms with E-state index in [1.165, 1.54) is 11.3 Å². The highest BCUT2D eigenvalue weighted by Gasteiger charge is 2.19. The molecule has 0 saturated carbocycles. The normalized spacial score (nSPS) is 13.6. The highest BCUT2D eigenvalue weighted by molar-refractivity contribution is 7.91. The van der Waals surface area contributed by atoms with Crippen LogP contribution in [0.1, 0.15) is 44.9 Å². The standard InChI is InChI=1S/C14H26N2O2S2/c1-4-6-7-12(3)16-20(17,18)14-9-8-13(19-14)10-11-15-5-2/h8-9,12,15-16H,4-7,10-11H2,1-3H3. The molecule has 20 heavy (non-hydrogen) atoms. The predicted molar refractivity (Wildman–Crippen MR) is 85.9 cm³/mol. The Morgan fingerprint density at radius 3 is 2.70 bits per heavy atom. The number of nitrogens with one attached hydrogen (secondary N) is 2. The van der Waals surface area contributed by atoms with E-state index in [-0.39, 0.29) is 6.04 Å². The smallest absolute Gasteiger partial charge is 0.250 e. The number of sulfonamides is 1. The summed E-state index contributed by atoms with van der Waals surface area (Å²) < 4.78 is 27.6. The van der Waals surface area contributed by atoms with Crippen LogP contribution < -0.4 is 10.0 Å². The van der Waals surface area contributed by atoms with E-state index in [4.69, 9.17) is 0 Å². The summed E-state index contributed by atoms with van der Waals surface area (Å²) in [6, 6.07) is 3.61. The largest absolute Gasteiger partial charge is 0.317 e. The van der Waals surface area contributed by atoms with Crippen molar-refractivity contribution in [3.8, 4) is 0 Å². The lowest BCUT2D eigenvalue weighted by atomic mass is 10.2. The molecule has 0 radical (unpaired) electrons. The van der Waals surface area contributed by atoms with E-state index in [1.807, 2.05) is 13.0 Å². The van der Waals surface area contributed by atoms with Gasteiger partial charge in [0.2, 0.25) is 10.0 Å². The first-order chi connectivity index (χ1) is 9.49. The molecule has 1 unspecified atom stereocenters. The van der Waals surface area contributed by atoms with Crippen molar-refractivity contribution < 1.29 is 8.42 Å². The zero-order valence-corrected chi connectivity index (χ0v) is 14.2. The molecular weight excluding hydrogens is 292 g/mol. The second kappa shape index (κ2) is 8.77. The number of rotatable bonds is 10. The Hall–Kier alpha value is -0.430. The molecule has 6 heteroatoms. The Balaban J connectivity index is 2.59. The van der Waals surface area contributed by atoms with Gasteiger partial charge in [0.1, 0.15) is 4.21 Å². The fraction of sp³-hybridized carbons (Fsp3) is 0.714. The monoisotopic (exact) mass is 318 g/mol. The molecule has 0 aliphatic heterocycles. The molecule has 1 atom stereocenters. The van der Waals surface area contributed by atoms with Gasteiger partial charge < -0.3 is 5.32 Å². The first-order valence-electron chi connectivity index (χ1n) is 7.31. The van der Waals surface area contributed by atoms with Crippen LogP contribution in [0.25, 0.3) is 0 Å². The van der Waals surface area contributed by atoms with Crippen molar-refractivity contribution in [3.63, 3.8) is 0 Å². The first kappa shape index (κ1) is 17.6. The average molecular weight is 319 g/mol. The van der Waals surface area contributed by atoms with Crippen LogP contribution in [-0.4, -0.2) is 27.5 Å². The van der Waals surface area contributed by atoms with Gasteiger partial charge in [-0.3, -0.25) is 0 Å². The SMILES string of the molecule is CCCCC(C)NS(=O)(=O)c1ccc(CCNCC)s1. The summed E-state index contributed by atoms with van der Waals surface area (Å²) in [5, 5.41) is 3.24. The molecule has 0 spiro atoms. The van der Waals surface area contributed by atoms with Gasteiger partial charge >= 0.3 is 0 Å². The summed E-state index contributed by atoms with van der Waals surface area (Å²) in [5.74, 6) is 0. The fourth-order valence-corrected chi connectivity index (χ4v) is 4.57. The lowest BCUT2D eigenvalue weighted by Gasteiger charge is -2.12. The van der Waals surface area contributed by atoms with E-state index in [0.29, 0.717) is 4.21 Å². The van der Waals surface area contributed by atoms with E-state index in [0.717, 1.165) is 43.6 Å². The van der Waals surface area contributed by atoms with Gasteiger partial charge in [0, 0.05) is 10.9 Å². The fourth-order valence-electron chi connectivity index (χ4n) is 1.92. The van der Waals surface area contributed by atoms with Crippen molar-refractivity contribution in [3.05, 3.63) is 17.0 Å². The highest BCUT2D eigenvalue weighted by Crippen LogP contribution is 2.22. The number of unbranched alkanes of at least 4 members (excludes halogenated alkanes) is 1. The molecule has 116 valence electrons. The second-order valence-corrected chi connectivity index (χ2v) is 8.10. The van der Waals surface area contributed by atoms with Crippen LogP contribution in [0.5, 0.6) is 0 Å². The molecule has 0 amide bonds. The molecule has 0 fully saturated rings. The summed E-state index contributed by atoms with van der Waals surface area (Å²) in [6.07, 6.45) is 3.88. The maximum Gasteiger partial charge on any atom is 0.250 e. The van der Waals surface area contributed by atoms with Gasteiger partial charge in [0.05, 0.1) is 0 Å². The summed E-state index contributed by atoms with van der Waals surface area (Å²) in [5.41, 5.74) is 0. The highest BCUT2D eigenvalue weighted by atomic mass is 32.2. The molecule has 1 aromatic heterocycles. The van der Waals surface area contributed by atoms with Crippen LogP contribution in [0, 0.1) is 0 Å². The Labute approximate surface area is 127 Å². The van der Waals surface area contributed by atoms with E-state index >= 15 is 0 Å². The minimum absolute atomic E-state index is 0.00717. The zero-order valence-electron chi connectivity index (χ0n) is 12.6. The maximum absolute atomic E-state index is 12.2. The molecule has 1 aromatic rings. The molecule has 0 aliphatic rings. The Morgan fingerprint density at radius 2 is 2.05 bits per heavy atom. The molecular formula is C14H26N2O2S2. The summed E-state index contributed by atoms with van der Waals surface area (Å²) in [7, 11) is -3.35. The average Bonchev–Trinajstić information content (AvgIpc) is 2.86. The van der Waals surface area contributed by atoms with Gasteiger partial charge in [0.15, 0.2) is 0 Å². The molecule has 0 aliphatic carbocycles. The molecule has 0 saturated heterocycles. The van der Waals surface area contributed by atoms with E-state index < -0.39 is 10.0 Å². The van der Waals surface area contributed by atoms with Gasteiger partial charge in [-0.25, -0.2) is 13.1 Å². The van der Waals surface area contributed by atoms with Crippen molar-refractivity contribution in [2.24, 2.45) is 0 Å². The Kier molecular flexibility index (Phi) is 7.72. The topological polar surface area (TPSA) is 58.2 Å². The molecule has 0 aromatic carbocycles. The molecule has 0 bridgehead atoms. The quantitative estimate of drug-likeness (QED) is 0.652. The zero-order chi connectivity index (χ0) is 15.0. The minimum Gasteiger partial charge on any atom is -0.317 e. The molecule has 1 rings (SSSR count). The van der Waals surface area contributed by atoms with Gasteiger partial charge in [-0.15, -0.1) is 11.3 Å². The van der Waals surface area contributed by atoms with E-state index in [2.05, 4.69) is 23.9 Å². The first-order valence-corrected chi connectivity index (χ1v) is 9.61. The lowest BCUT2D eigenvalue weighted by molar-refractivity contribution is 0.535. The second-order valence-electron chi connectivity index (χ2n) is 4.99. The molecule has 2 N–H and O–H groups in total. The number of likely N-dealkylation sites (N-methyl/N-ethyl adjacent to an activating group) is 1. The maximum atomic E-state index is 12.2. The molecule has 1 heterocycles. The lowest BCUT2D eigenvalue weighted by Crippen LogP contribution is -2.32. The van der Waals surface area contributed by atoms with Crippen molar-refractivity contribution in [1.29, 1.82) is 0 Å². The van der Waals surface area contributed by atoms with Crippen LogP contribution in [0.3, 0.4) is 0 Å². The molecule has 4 nitrogen and oxygen atoms in total. The Bertz CT molecular complexity index is 483. The van der Waals surface area contributed by atoms with Crippen LogP contribution in [0.15, 0.2) is 16.3 Å². The number of hydrogen-bond donors (Lipinski definition) is 2. The number of thiophene rings is 1. The van der Waals surface area contributed by atoms with Crippen molar-refractivity contribution in [2.45, 2.75) is 56.7 Å². The van der Waals surface area contributed by atoms with Crippen molar-refractivity contribution in [1.82, 2.24) is 10.0 Å². The predicted octanol–water partition coefficient (Wildman–Crippen LogP) is 2.76. The van der Waals surface area contributed by atoms with Crippen LogP contribution in [-0.2, 0) is 16.4 Å². The van der Waals surface area contributed by atoms with E-state index in [9.17, 15) is 8.42 Å². The van der Waals surface area contributed by atoms with Crippen LogP contribution >= 0.6 is 11.3 Å². The summed E-state index contributed by atoms with van der Waals surface area (Å²) >= 11 is 1.37. The van der Waals surface area contributed by atoms with Gasteiger partial charge in [-0.1, -0.05) is 26.7 Å². The van der Waals surface area contributed by atoms with Crippen LogP contribution in [0.4, 0.5) is 0 Å². The third kappa shape index (κ3) is 5.91. The van der Waals surface area contributed by atoms with E-state index in [1.54, 1.807) is 6.07 Å². The van der Waals surface area contributed by atoms with Gasteiger partial charge in [-0.05, 0) is 45.0 Å². The summed E-state index contributed by atoms with van der Waals surface area (Å²) in [4.78, 5) is 1.10. The van der Waals surface area contributed by atoms with Gasteiger partial charge in [-0.2, -0.15) is 0 Å².